The van der Waals surface area contributed by atoms with Gasteiger partial charge in [0.1, 0.15) is 11.5 Å². The first-order valence-corrected chi connectivity index (χ1v) is 12.2. The summed E-state index contributed by atoms with van der Waals surface area (Å²) in [4.78, 5) is 5.03. The van der Waals surface area contributed by atoms with Crippen molar-refractivity contribution in [1.29, 1.82) is 0 Å². The van der Waals surface area contributed by atoms with Crippen LogP contribution in [0.2, 0.25) is 0 Å². The van der Waals surface area contributed by atoms with Crippen molar-refractivity contribution in [2.24, 2.45) is 4.99 Å². The Hall–Kier alpha value is -4.27. The van der Waals surface area contributed by atoms with Crippen molar-refractivity contribution < 1.29 is 35.8 Å². The Labute approximate surface area is 226 Å². The van der Waals surface area contributed by atoms with Crippen LogP contribution in [0.25, 0.3) is 0 Å². The van der Waals surface area contributed by atoms with Gasteiger partial charge in [0.05, 0.1) is 37.1 Å². The summed E-state index contributed by atoms with van der Waals surface area (Å²) in [6.07, 6.45) is -9.03. The van der Waals surface area contributed by atoms with Gasteiger partial charge in [0.2, 0.25) is 0 Å². The maximum absolute atomic E-state index is 13.3. The van der Waals surface area contributed by atoms with E-state index in [1.54, 1.807) is 31.4 Å². The number of ether oxygens (including phenoxy) is 2. The van der Waals surface area contributed by atoms with Crippen LogP contribution in [0.15, 0.2) is 96.0 Å². The summed E-state index contributed by atoms with van der Waals surface area (Å²) in [5.74, 6) is 0.556. The monoisotopic (exact) mass is 555 g/mol. The van der Waals surface area contributed by atoms with Gasteiger partial charge in [-0.15, -0.1) is 0 Å². The SMILES string of the molecule is COc1ccc(C2=N[C@H](c3ccc(C(F)(F)F)cc3)[C@H](c3ccc(C(F)(F)F)cc3)c3cc(OC)ccc32)cc1. The third-order valence-electron chi connectivity index (χ3n) is 6.97. The molecule has 3 nitrogen and oxygen atoms in total. The Balaban J connectivity index is 1.73. The third kappa shape index (κ3) is 5.28. The van der Waals surface area contributed by atoms with Crippen LogP contribution < -0.4 is 9.47 Å². The number of hydrogen-bond acceptors (Lipinski definition) is 3. The largest absolute Gasteiger partial charge is 0.497 e. The number of aliphatic imine (C=N–C) groups is 1. The summed E-state index contributed by atoms with van der Waals surface area (Å²) in [7, 11) is 3.05. The fourth-order valence-corrected chi connectivity index (χ4v) is 4.95. The number of methoxy groups -OCH3 is 2. The lowest BCUT2D eigenvalue weighted by Gasteiger charge is -2.33. The minimum atomic E-state index is -4.52. The van der Waals surface area contributed by atoms with Gasteiger partial charge in [-0.05, 0) is 83.4 Å². The molecule has 0 spiro atoms. The average Bonchev–Trinajstić information content (AvgIpc) is 2.95. The second-order valence-corrected chi connectivity index (χ2v) is 9.32. The molecule has 1 heterocycles. The molecular weight excluding hydrogens is 532 g/mol. The molecule has 40 heavy (non-hydrogen) atoms. The number of nitrogens with zero attached hydrogens (tertiary/aromatic N) is 1. The molecule has 1 aliphatic heterocycles. The Morgan fingerprint density at radius 1 is 0.600 bits per heavy atom. The molecule has 0 N–H and O–H groups in total. The summed E-state index contributed by atoms with van der Waals surface area (Å²) in [6, 6.07) is 21.3. The van der Waals surface area contributed by atoms with Crippen molar-refractivity contribution >= 4 is 5.71 Å². The number of fused-ring (bicyclic) bond motifs is 1. The van der Waals surface area contributed by atoms with E-state index in [1.807, 2.05) is 18.2 Å². The molecule has 1 aliphatic rings. The van der Waals surface area contributed by atoms with Gasteiger partial charge < -0.3 is 9.47 Å². The second-order valence-electron chi connectivity index (χ2n) is 9.32. The van der Waals surface area contributed by atoms with Gasteiger partial charge in [-0.1, -0.05) is 24.3 Å². The minimum absolute atomic E-state index is 0.484. The highest BCUT2D eigenvalue weighted by atomic mass is 19.4. The van der Waals surface area contributed by atoms with E-state index in [4.69, 9.17) is 14.5 Å². The minimum Gasteiger partial charge on any atom is -0.497 e. The van der Waals surface area contributed by atoms with E-state index in [1.165, 1.54) is 31.4 Å². The molecule has 4 aromatic rings. The average molecular weight is 556 g/mol. The topological polar surface area (TPSA) is 30.8 Å². The van der Waals surface area contributed by atoms with E-state index < -0.39 is 35.4 Å². The van der Waals surface area contributed by atoms with E-state index in [0.717, 1.165) is 41.0 Å². The second kappa shape index (κ2) is 10.4. The van der Waals surface area contributed by atoms with Crippen molar-refractivity contribution in [2.75, 3.05) is 14.2 Å². The summed E-state index contributed by atoms with van der Waals surface area (Å²) in [5, 5.41) is 0. The Morgan fingerprint density at radius 3 is 1.60 bits per heavy atom. The van der Waals surface area contributed by atoms with E-state index in [9.17, 15) is 26.3 Å². The molecule has 0 bridgehead atoms. The zero-order chi connectivity index (χ0) is 28.7. The molecule has 2 atom stereocenters. The van der Waals surface area contributed by atoms with E-state index in [0.29, 0.717) is 28.3 Å². The number of rotatable bonds is 5. The molecule has 0 fully saturated rings. The van der Waals surface area contributed by atoms with Gasteiger partial charge in [0.15, 0.2) is 0 Å². The van der Waals surface area contributed by atoms with Gasteiger partial charge in [0.25, 0.3) is 0 Å². The Bertz CT molecular complexity index is 1520. The Kier molecular flexibility index (Phi) is 7.08. The molecule has 0 amide bonds. The molecule has 0 aromatic heterocycles. The van der Waals surface area contributed by atoms with Gasteiger partial charge in [-0.3, -0.25) is 4.99 Å². The molecule has 4 aromatic carbocycles. The maximum atomic E-state index is 13.3. The number of hydrogen-bond donors (Lipinski definition) is 0. The van der Waals surface area contributed by atoms with Crippen LogP contribution in [0.3, 0.4) is 0 Å². The van der Waals surface area contributed by atoms with Crippen LogP contribution in [0.5, 0.6) is 11.5 Å². The molecule has 0 radical (unpaired) electrons. The van der Waals surface area contributed by atoms with Crippen molar-refractivity contribution in [3.05, 3.63) is 130 Å². The summed E-state index contributed by atoms with van der Waals surface area (Å²) < 4.78 is 90.7. The fraction of sp³-hybridized carbons (Fsp3) is 0.194. The van der Waals surface area contributed by atoms with Crippen molar-refractivity contribution in [1.82, 2.24) is 0 Å². The predicted octanol–water partition coefficient (Wildman–Crippen LogP) is 8.47. The lowest BCUT2D eigenvalue weighted by Crippen LogP contribution is -2.23. The first-order valence-electron chi connectivity index (χ1n) is 12.2. The molecule has 0 saturated carbocycles. The van der Waals surface area contributed by atoms with Crippen LogP contribution in [-0.2, 0) is 12.4 Å². The third-order valence-corrected chi connectivity index (χ3v) is 6.97. The first kappa shape index (κ1) is 27.3. The fourth-order valence-electron chi connectivity index (χ4n) is 4.95. The standard InChI is InChI=1S/C31H23F6NO2/c1-39-23-13-7-19(8-14-23)28-25-16-15-24(40-2)17-26(25)27(18-3-9-21(10-4-18)30(32,33)34)29(38-28)20-5-11-22(12-6-20)31(35,36)37/h3-17,27,29H,1-2H3/t27-,29-/m1/s1. The molecule has 5 rings (SSSR count). The molecule has 0 aliphatic carbocycles. The quantitative estimate of drug-likeness (QED) is 0.231. The summed E-state index contributed by atoms with van der Waals surface area (Å²) in [6.45, 7) is 0. The van der Waals surface area contributed by atoms with Gasteiger partial charge >= 0.3 is 12.4 Å². The number of benzene rings is 4. The number of halogens is 6. The highest BCUT2D eigenvalue weighted by molar-refractivity contribution is 6.15. The van der Waals surface area contributed by atoms with E-state index >= 15 is 0 Å². The molecular formula is C31H23F6NO2. The highest BCUT2D eigenvalue weighted by Gasteiger charge is 2.37. The van der Waals surface area contributed by atoms with Gasteiger partial charge in [-0.2, -0.15) is 26.3 Å². The highest BCUT2D eigenvalue weighted by Crippen LogP contribution is 2.47. The zero-order valence-corrected chi connectivity index (χ0v) is 21.3. The lowest BCUT2D eigenvalue weighted by molar-refractivity contribution is -0.138. The maximum Gasteiger partial charge on any atom is 0.416 e. The first-order chi connectivity index (χ1) is 19.0. The van der Waals surface area contributed by atoms with E-state index in [-0.39, 0.29) is 0 Å². The van der Waals surface area contributed by atoms with E-state index in [2.05, 4.69) is 0 Å². The van der Waals surface area contributed by atoms with Crippen molar-refractivity contribution in [3.8, 4) is 11.5 Å². The summed E-state index contributed by atoms with van der Waals surface area (Å²) >= 11 is 0. The van der Waals surface area contributed by atoms with Crippen molar-refractivity contribution in [2.45, 2.75) is 24.3 Å². The van der Waals surface area contributed by atoms with Gasteiger partial charge in [0, 0.05) is 17.0 Å². The molecule has 9 heteroatoms. The van der Waals surface area contributed by atoms with Crippen LogP contribution in [0.4, 0.5) is 26.3 Å². The molecule has 0 saturated heterocycles. The van der Waals surface area contributed by atoms with Gasteiger partial charge in [-0.25, -0.2) is 0 Å². The van der Waals surface area contributed by atoms with Crippen molar-refractivity contribution in [3.63, 3.8) is 0 Å². The smallest absolute Gasteiger partial charge is 0.416 e. The van der Waals surface area contributed by atoms with Crippen LogP contribution in [-0.4, -0.2) is 19.9 Å². The molecule has 0 unspecified atom stereocenters. The van der Waals surface area contributed by atoms with Crippen LogP contribution >= 0.6 is 0 Å². The summed E-state index contributed by atoms with van der Waals surface area (Å²) in [5.41, 5.74) is 2.21. The predicted molar refractivity (Wildman–Crippen MR) is 139 cm³/mol. The van der Waals surface area contributed by atoms with Crippen LogP contribution in [0, 0.1) is 0 Å². The Morgan fingerprint density at radius 2 is 1.10 bits per heavy atom. The van der Waals surface area contributed by atoms with Crippen LogP contribution in [0.1, 0.15) is 50.9 Å². The number of alkyl halides is 6. The lowest BCUT2D eigenvalue weighted by atomic mass is 9.76. The zero-order valence-electron chi connectivity index (χ0n) is 21.3. The normalized spacial score (nSPS) is 17.1. The molecule has 206 valence electrons.